The molecule has 1 aliphatic carbocycles. The number of amides is 1. The van der Waals surface area contributed by atoms with Crippen molar-refractivity contribution in [1.82, 2.24) is 14.8 Å². The van der Waals surface area contributed by atoms with Gasteiger partial charge in [0.2, 0.25) is 0 Å². The lowest BCUT2D eigenvalue weighted by atomic mass is 9.81. The molecule has 1 N–H and O–H groups in total. The molecule has 2 aromatic rings. The highest BCUT2D eigenvalue weighted by atomic mass is 19.1. The zero-order chi connectivity index (χ0) is 19.6. The maximum Gasteiger partial charge on any atom is 0.253 e. The predicted molar refractivity (Wildman–Crippen MR) is 112 cm³/mol. The molecule has 1 amide bonds. The first-order valence-corrected chi connectivity index (χ1v) is 11.5. The molecule has 0 spiro atoms. The summed E-state index contributed by atoms with van der Waals surface area (Å²) in [6.07, 6.45) is 9.02. The summed E-state index contributed by atoms with van der Waals surface area (Å²) >= 11 is 0. The molecule has 154 valence electrons. The Labute approximate surface area is 171 Å². The minimum Gasteiger partial charge on any atom is -0.349 e. The molecule has 6 rings (SSSR count). The van der Waals surface area contributed by atoms with Crippen molar-refractivity contribution in [3.63, 3.8) is 0 Å². The number of fused-ring (bicyclic) bond motifs is 5. The Morgan fingerprint density at radius 3 is 2.66 bits per heavy atom. The number of para-hydroxylation sites is 1. The van der Waals surface area contributed by atoms with Gasteiger partial charge in [-0.1, -0.05) is 24.6 Å². The summed E-state index contributed by atoms with van der Waals surface area (Å²) in [6, 6.07) is 9.37. The average Bonchev–Trinajstić information content (AvgIpc) is 3.11. The Balaban J connectivity index is 1.23. The summed E-state index contributed by atoms with van der Waals surface area (Å²) in [6.45, 7) is 1.62. The number of halogens is 1. The first-order chi connectivity index (χ1) is 14.1. The van der Waals surface area contributed by atoms with Crippen LogP contribution < -0.4 is 5.32 Å². The normalized spacial score (nSPS) is 30.3. The highest BCUT2D eigenvalue weighted by molar-refractivity contribution is 6.08. The molecule has 2 atom stereocenters. The number of carbonyl (C=O) groups is 1. The molecular formula is C24H30FN3O. The third-order valence-corrected chi connectivity index (χ3v) is 7.82. The van der Waals surface area contributed by atoms with Gasteiger partial charge < -0.3 is 9.88 Å². The number of aromatic nitrogens is 1. The minimum atomic E-state index is -0.921. The van der Waals surface area contributed by atoms with E-state index in [1.807, 2.05) is 6.07 Å². The fourth-order valence-electron chi connectivity index (χ4n) is 6.26. The number of hydrogen-bond acceptors (Lipinski definition) is 2. The van der Waals surface area contributed by atoms with Gasteiger partial charge in [0.25, 0.3) is 5.91 Å². The molecule has 1 aromatic heterocycles. The smallest absolute Gasteiger partial charge is 0.253 e. The number of piperidine rings is 2. The fraction of sp³-hybridized carbons (Fsp3) is 0.625. The maximum absolute atomic E-state index is 14.4. The van der Waals surface area contributed by atoms with Crippen LogP contribution in [-0.2, 0) is 13.0 Å². The second kappa shape index (κ2) is 6.56. The average molecular weight is 396 g/mol. The number of alkyl halides is 1. The first kappa shape index (κ1) is 17.9. The molecule has 3 aliphatic heterocycles. The van der Waals surface area contributed by atoms with E-state index >= 15 is 0 Å². The van der Waals surface area contributed by atoms with Crippen LogP contribution in [0.25, 0.3) is 10.9 Å². The lowest BCUT2D eigenvalue weighted by molar-refractivity contribution is 0.00254. The Hall–Kier alpha value is -1.88. The second-order valence-corrected chi connectivity index (χ2v) is 9.80. The molecular weight excluding hydrogens is 365 g/mol. The number of nitrogens with one attached hydrogen (secondary N) is 1. The number of benzene rings is 1. The lowest BCUT2D eigenvalue weighted by Gasteiger charge is -2.49. The monoisotopic (exact) mass is 395 g/mol. The van der Waals surface area contributed by atoms with Gasteiger partial charge in [-0.15, -0.1) is 0 Å². The van der Waals surface area contributed by atoms with Crippen LogP contribution in [0.15, 0.2) is 24.3 Å². The molecule has 4 nitrogen and oxygen atoms in total. The first-order valence-electron chi connectivity index (χ1n) is 11.5. The fourth-order valence-corrected chi connectivity index (χ4v) is 6.26. The molecule has 2 unspecified atom stereocenters. The van der Waals surface area contributed by atoms with Crippen molar-refractivity contribution >= 4 is 16.8 Å². The summed E-state index contributed by atoms with van der Waals surface area (Å²) in [7, 11) is 0. The van der Waals surface area contributed by atoms with Crippen molar-refractivity contribution in [3.05, 3.63) is 35.5 Å². The van der Waals surface area contributed by atoms with Gasteiger partial charge >= 0.3 is 0 Å². The van der Waals surface area contributed by atoms with Gasteiger partial charge in [0.05, 0.1) is 5.56 Å². The van der Waals surface area contributed by atoms with E-state index in [-0.39, 0.29) is 11.9 Å². The number of carbonyl (C=O) groups excluding carboxylic acids is 1. The molecule has 1 aromatic carbocycles. The Bertz CT molecular complexity index is 948. The van der Waals surface area contributed by atoms with Gasteiger partial charge in [0.1, 0.15) is 5.67 Å². The van der Waals surface area contributed by atoms with E-state index in [2.05, 4.69) is 33.0 Å². The van der Waals surface area contributed by atoms with Crippen LogP contribution >= 0.6 is 0 Å². The van der Waals surface area contributed by atoms with Crippen molar-refractivity contribution in [2.45, 2.75) is 88.1 Å². The van der Waals surface area contributed by atoms with Gasteiger partial charge in [-0.05, 0) is 57.4 Å². The lowest BCUT2D eigenvalue weighted by Crippen LogP contribution is -2.58. The second-order valence-electron chi connectivity index (χ2n) is 9.80. The summed E-state index contributed by atoms with van der Waals surface area (Å²) in [5, 5.41) is 4.49. The van der Waals surface area contributed by atoms with Crippen LogP contribution in [0.2, 0.25) is 0 Å². The number of aryl methyl sites for hydroxylation is 1. The van der Waals surface area contributed by atoms with Crippen LogP contribution in [0.3, 0.4) is 0 Å². The molecule has 5 heteroatoms. The van der Waals surface area contributed by atoms with Crippen LogP contribution in [0, 0.1) is 0 Å². The molecule has 4 aliphatic rings. The van der Waals surface area contributed by atoms with E-state index in [0.717, 1.165) is 68.9 Å². The van der Waals surface area contributed by atoms with E-state index in [0.29, 0.717) is 18.6 Å². The van der Waals surface area contributed by atoms with Gasteiger partial charge in [-0.2, -0.15) is 0 Å². The van der Waals surface area contributed by atoms with Crippen LogP contribution in [0.4, 0.5) is 4.39 Å². The van der Waals surface area contributed by atoms with E-state index in [9.17, 15) is 9.18 Å². The molecule has 29 heavy (non-hydrogen) atoms. The molecule has 0 radical (unpaired) electrons. The predicted octanol–water partition coefficient (Wildman–Crippen LogP) is 4.20. The third-order valence-electron chi connectivity index (χ3n) is 7.82. The van der Waals surface area contributed by atoms with E-state index in [4.69, 9.17) is 0 Å². The third kappa shape index (κ3) is 3.00. The van der Waals surface area contributed by atoms with Crippen molar-refractivity contribution < 1.29 is 9.18 Å². The van der Waals surface area contributed by atoms with Crippen molar-refractivity contribution in [2.24, 2.45) is 0 Å². The van der Waals surface area contributed by atoms with Crippen molar-refractivity contribution in [3.8, 4) is 0 Å². The Morgan fingerprint density at radius 2 is 1.90 bits per heavy atom. The topological polar surface area (TPSA) is 37.3 Å². The number of hydrogen-bond donors (Lipinski definition) is 1. The van der Waals surface area contributed by atoms with E-state index in [1.54, 1.807) is 0 Å². The molecule has 3 fully saturated rings. The Kier molecular flexibility index (Phi) is 4.06. The molecule has 2 bridgehead atoms. The maximum atomic E-state index is 14.4. The summed E-state index contributed by atoms with van der Waals surface area (Å²) in [5.41, 5.74) is 2.37. The summed E-state index contributed by atoms with van der Waals surface area (Å²) < 4.78 is 16.8. The molecule has 2 saturated heterocycles. The minimum absolute atomic E-state index is 0.0949. The Morgan fingerprint density at radius 1 is 1.14 bits per heavy atom. The zero-order valence-corrected chi connectivity index (χ0v) is 17.0. The summed E-state index contributed by atoms with van der Waals surface area (Å²) in [4.78, 5) is 15.8. The van der Waals surface area contributed by atoms with Gasteiger partial charge in [0.15, 0.2) is 0 Å². The van der Waals surface area contributed by atoms with Crippen LogP contribution in [0.5, 0.6) is 0 Å². The molecule has 1 saturated carbocycles. The molecule has 4 heterocycles. The van der Waals surface area contributed by atoms with Gasteiger partial charge in [0, 0.05) is 47.8 Å². The highest BCUT2D eigenvalue weighted by Crippen LogP contribution is 2.44. The number of rotatable bonds is 4. The highest BCUT2D eigenvalue weighted by Gasteiger charge is 2.49. The van der Waals surface area contributed by atoms with Crippen LogP contribution in [0.1, 0.15) is 67.4 Å². The van der Waals surface area contributed by atoms with Gasteiger partial charge in [-0.25, -0.2) is 4.39 Å². The van der Waals surface area contributed by atoms with Crippen molar-refractivity contribution in [2.75, 3.05) is 6.54 Å². The SMILES string of the molecule is O=C(NC1CC2CCCC(C1)N2CC1(F)CC1)c1c2n(c3ccccc13)CCC2. The van der Waals surface area contributed by atoms with E-state index in [1.165, 1.54) is 17.6 Å². The largest absolute Gasteiger partial charge is 0.349 e. The van der Waals surface area contributed by atoms with Crippen LogP contribution in [-0.4, -0.2) is 45.7 Å². The zero-order valence-electron chi connectivity index (χ0n) is 17.0. The summed E-state index contributed by atoms with van der Waals surface area (Å²) in [5.74, 6) is 0.0949. The van der Waals surface area contributed by atoms with Gasteiger partial charge in [-0.3, -0.25) is 9.69 Å². The van der Waals surface area contributed by atoms with Crippen molar-refractivity contribution in [1.29, 1.82) is 0 Å². The van der Waals surface area contributed by atoms with E-state index < -0.39 is 5.67 Å². The standard InChI is InChI=1S/C24H30FN3O/c25-24(10-11-24)15-28-17-5-3-6-18(28)14-16(13-17)26-23(29)22-19-7-1-2-8-20(19)27-12-4-9-21(22)27/h1-2,7-8,16-18H,3-6,9-15H2,(H,26,29). The number of nitrogens with zero attached hydrogens (tertiary/aromatic N) is 2. The quantitative estimate of drug-likeness (QED) is 0.842.